The molecule has 0 amide bonds. The number of ether oxygens (including phenoxy) is 2. The average Bonchev–Trinajstić information content (AvgIpc) is 2.36. The molecule has 1 unspecified atom stereocenters. The molecular weight excluding hydrogens is 261 g/mol. The topological polar surface area (TPSA) is 61.5 Å². The van der Waals surface area contributed by atoms with Crippen LogP contribution in [0.2, 0.25) is 0 Å². The van der Waals surface area contributed by atoms with Crippen molar-refractivity contribution in [1.82, 2.24) is 0 Å². The molecule has 112 valence electrons. The van der Waals surface area contributed by atoms with E-state index in [4.69, 9.17) is 10.5 Å². The minimum absolute atomic E-state index is 0.245. The van der Waals surface area contributed by atoms with Crippen molar-refractivity contribution in [2.24, 2.45) is 11.1 Å². The Morgan fingerprint density at radius 2 is 2.05 bits per heavy atom. The smallest absolute Gasteiger partial charge is 0.306 e. The lowest BCUT2D eigenvalue weighted by atomic mass is 9.81. The summed E-state index contributed by atoms with van der Waals surface area (Å²) < 4.78 is 23.6. The number of benzene rings is 1. The zero-order valence-corrected chi connectivity index (χ0v) is 12.4. The first-order valence-corrected chi connectivity index (χ1v) is 6.45. The molecule has 0 saturated heterocycles. The van der Waals surface area contributed by atoms with Gasteiger partial charge >= 0.3 is 5.97 Å². The first kappa shape index (κ1) is 16.4. The molecule has 1 atom stereocenters. The van der Waals surface area contributed by atoms with Crippen LogP contribution in [0.4, 0.5) is 4.39 Å². The fourth-order valence-electron chi connectivity index (χ4n) is 2.18. The van der Waals surface area contributed by atoms with Crippen molar-refractivity contribution < 1.29 is 18.7 Å². The second kappa shape index (κ2) is 6.70. The zero-order valence-electron chi connectivity index (χ0n) is 12.4. The summed E-state index contributed by atoms with van der Waals surface area (Å²) in [6, 6.07) is 4.11. The summed E-state index contributed by atoms with van der Waals surface area (Å²) in [5.74, 6) is -0.240. The Labute approximate surface area is 119 Å². The summed E-state index contributed by atoms with van der Waals surface area (Å²) in [6.45, 7) is 3.82. The summed E-state index contributed by atoms with van der Waals surface area (Å²) in [5.41, 5.74) is 6.12. The predicted octanol–water partition coefficient (Wildman–Crippen LogP) is 2.81. The molecule has 0 saturated carbocycles. The van der Waals surface area contributed by atoms with E-state index in [2.05, 4.69) is 4.74 Å². The summed E-state index contributed by atoms with van der Waals surface area (Å²) in [5, 5.41) is 0. The molecule has 0 heterocycles. The summed E-state index contributed by atoms with van der Waals surface area (Å²) in [4.78, 5) is 11.3. The summed E-state index contributed by atoms with van der Waals surface area (Å²) in [6.07, 6.45) is 0.723. The number of hydrogen-bond donors (Lipinski definition) is 1. The molecule has 0 radical (unpaired) electrons. The van der Waals surface area contributed by atoms with E-state index in [0.29, 0.717) is 17.7 Å². The number of rotatable bonds is 6. The van der Waals surface area contributed by atoms with Crippen molar-refractivity contribution in [3.63, 3.8) is 0 Å². The number of nitrogens with two attached hydrogens (primary N) is 1. The Hall–Kier alpha value is -1.62. The molecule has 0 aliphatic carbocycles. The monoisotopic (exact) mass is 283 g/mol. The molecule has 0 aliphatic heterocycles. The Balaban J connectivity index is 2.80. The molecule has 4 nitrogen and oxygen atoms in total. The van der Waals surface area contributed by atoms with E-state index in [1.54, 1.807) is 12.1 Å². The number of hydrogen-bond acceptors (Lipinski definition) is 4. The van der Waals surface area contributed by atoms with Gasteiger partial charge in [-0.3, -0.25) is 4.79 Å². The van der Waals surface area contributed by atoms with Crippen LogP contribution >= 0.6 is 0 Å². The molecule has 5 heteroatoms. The third-order valence-electron chi connectivity index (χ3n) is 3.23. The third-order valence-corrected chi connectivity index (χ3v) is 3.23. The van der Waals surface area contributed by atoms with Crippen molar-refractivity contribution in [1.29, 1.82) is 0 Å². The minimum atomic E-state index is -0.486. The molecule has 1 aromatic rings. The lowest BCUT2D eigenvalue weighted by Crippen LogP contribution is -2.25. The summed E-state index contributed by atoms with van der Waals surface area (Å²) in [7, 11) is 2.83. The van der Waals surface area contributed by atoms with Gasteiger partial charge in [-0.05, 0) is 17.9 Å². The molecule has 0 aromatic heterocycles. The lowest BCUT2D eigenvalue weighted by Gasteiger charge is -2.27. The fraction of sp³-hybridized carbons (Fsp3) is 0.533. The van der Waals surface area contributed by atoms with Crippen LogP contribution in [0, 0.1) is 11.2 Å². The van der Waals surface area contributed by atoms with Crippen molar-refractivity contribution in [3.8, 4) is 5.75 Å². The van der Waals surface area contributed by atoms with E-state index in [-0.39, 0.29) is 17.8 Å². The molecule has 0 aliphatic rings. The van der Waals surface area contributed by atoms with Crippen LogP contribution in [0.1, 0.15) is 38.3 Å². The zero-order chi connectivity index (χ0) is 15.3. The van der Waals surface area contributed by atoms with Gasteiger partial charge in [-0.25, -0.2) is 4.39 Å². The van der Waals surface area contributed by atoms with Crippen LogP contribution in [-0.4, -0.2) is 20.2 Å². The van der Waals surface area contributed by atoms with Crippen molar-refractivity contribution in [3.05, 3.63) is 29.6 Å². The van der Waals surface area contributed by atoms with Gasteiger partial charge in [0.25, 0.3) is 0 Å². The van der Waals surface area contributed by atoms with Crippen LogP contribution in [0.3, 0.4) is 0 Å². The van der Waals surface area contributed by atoms with E-state index < -0.39 is 11.9 Å². The van der Waals surface area contributed by atoms with Gasteiger partial charge < -0.3 is 15.2 Å². The largest absolute Gasteiger partial charge is 0.497 e. The molecule has 1 rings (SSSR count). The highest BCUT2D eigenvalue weighted by atomic mass is 19.1. The Morgan fingerprint density at radius 1 is 1.40 bits per heavy atom. The van der Waals surface area contributed by atoms with Crippen LogP contribution in [0.5, 0.6) is 5.75 Å². The number of methoxy groups -OCH3 is 2. The van der Waals surface area contributed by atoms with Crippen molar-refractivity contribution in [2.45, 2.75) is 32.7 Å². The molecule has 0 fully saturated rings. The van der Waals surface area contributed by atoms with E-state index in [1.165, 1.54) is 20.3 Å². The van der Waals surface area contributed by atoms with E-state index in [9.17, 15) is 9.18 Å². The first-order valence-electron chi connectivity index (χ1n) is 6.45. The standard InChI is InChI=1S/C15H22FNO3/c1-15(2,9-14(18)20-4)8-13(17)11-6-5-10(19-3)7-12(11)16/h5-7,13H,8-9,17H2,1-4H3. The van der Waals surface area contributed by atoms with Crippen LogP contribution in [0.15, 0.2) is 18.2 Å². The molecule has 0 bridgehead atoms. The van der Waals surface area contributed by atoms with Gasteiger partial charge in [0, 0.05) is 17.7 Å². The minimum Gasteiger partial charge on any atom is -0.497 e. The number of esters is 1. The number of carbonyl (C=O) groups is 1. The highest BCUT2D eigenvalue weighted by Gasteiger charge is 2.27. The van der Waals surface area contributed by atoms with Gasteiger partial charge in [0.15, 0.2) is 0 Å². The highest BCUT2D eigenvalue weighted by Crippen LogP contribution is 2.33. The first-order chi connectivity index (χ1) is 9.29. The predicted molar refractivity (Wildman–Crippen MR) is 74.9 cm³/mol. The Morgan fingerprint density at radius 3 is 2.55 bits per heavy atom. The quantitative estimate of drug-likeness (QED) is 0.815. The van der Waals surface area contributed by atoms with Crippen LogP contribution in [-0.2, 0) is 9.53 Å². The SMILES string of the molecule is COC(=O)CC(C)(C)CC(N)c1ccc(OC)cc1F. The second-order valence-corrected chi connectivity index (χ2v) is 5.62. The second-order valence-electron chi connectivity index (χ2n) is 5.62. The van der Waals surface area contributed by atoms with E-state index in [1.807, 2.05) is 13.8 Å². The van der Waals surface area contributed by atoms with Gasteiger partial charge in [0.05, 0.1) is 20.6 Å². The normalized spacial score (nSPS) is 12.9. The fourth-order valence-corrected chi connectivity index (χ4v) is 2.18. The Bertz CT molecular complexity index is 474. The number of halogens is 1. The maximum atomic E-state index is 13.9. The third kappa shape index (κ3) is 4.49. The van der Waals surface area contributed by atoms with Gasteiger partial charge in [-0.1, -0.05) is 19.9 Å². The lowest BCUT2D eigenvalue weighted by molar-refractivity contribution is -0.143. The maximum absolute atomic E-state index is 13.9. The average molecular weight is 283 g/mol. The molecular formula is C15H22FNO3. The van der Waals surface area contributed by atoms with Gasteiger partial charge in [-0.15, -0.1) is 0 Å². The van der Waals surface area contributed by atoms with Gasteiger partial charge in [-0.2, -0.15) is 0 Å². The number of carbonyl (C=O) groups excluding carboxylic acids is 1. The maximum Gasteiger partial charge on any atom is 0.306 e. The molecule has 20 heavy (non-hydrogen) atoms. The van der Waals surface area contributed by atoms with E-state index >= 15 is 0 Å². The molecule has 2 N–H and O–H groups in total. The van der Waals surface area contributed by atoms with Crippen molar-refractivity contribution in [2.75, 3.05) is 14.2 Å². The van der Waals surface area contributed by atoms with E-state index in [0.717, 1.165) is 0 Å². The molecule has 0 spiro atoms. The highest BCUT2D eigenvalue weighted by molar-refractivity contribution is 5.69. The molecule has 1 aromatic carbocycles. The summed E-state index contributed by atoms with van der Waals surface area (Å²) >= 11 is 0. The van der Waals surface area contributed by atoms with Gasteiger partial charge in [0.1, 0.15) is 11.6 Å². The Kier molecular flexibility index (Phi) is 5.51. The van der Waals surface area contributed by atoms with Crippen LogP contribution in [0.25, 0.3) is 0 Å². The van der Waals surface area contributed by atoms with Gasteiger partial charge in [0.2, 0.25) is 0 Å². The van der Waals surface area contributed by atoms with Crippen molar-refractivity contribution >= 4 is 5.97 Å². The van der Waals surface area contributed by atoms with Crippen LogP contribution < -0.4 is 10.5 Å².